The standard InChI is InChI=1S/C52H94N2O5/c1-7-11-14-16-18-20-22-24-26-28-30-32-34-36-38-42-50(55)58-46-49(54(45-40-44-53(5)6)52(57)48(10-4)41-13-9-3)47-59-51(56)43-39-37-35-33-31-29-27-25-23-21-19-17-15-12-8-2/h18-21,24-27,48-49H,7-17,22-23,28-47H2,1-6H3/b20-18-,21-19-,26-24-,27-25-. The normalized spacial score (nSPS) is 12.6. The van der Waals surface area contributed by atoms with Gasteiger partial charge < -0.3 is 19.3 Å². The molecule has 0 aromatic heterocycles. The van der Waals surface area contributed by atoms with Crippen LogP contribution in [-0.2, 0) is 23.9 Å². The van der Waals surface area contributed by atoms with E-state index in [0.717, 1.165) is 116 Å². The number of hydrogen-bond donors (Lipinski definition) is 0. The van der Waals surface area contributed by atoms with E-state index in [0.29, 0.717) is 19.4 Å². The van der Waals surface area contributed by atoms with E-state index in [9.17, 15) is 14.4 Å². The number of carbonyl (C=O) groups is 3. The molecule has 0 aliphatic heterocycles. The number of rotatable bonds is 42. The zero-order valence-corrected chi connectivity index (χ0v) is 39.5. The third-order valence-corrected chi connectivity index (χ3v) is 11.0. The molecule has 1 amide bonds. The van der Waals surface area contributed by atoms with Gasteiger partial charge in [0.15, 0.2) is 0 Å². The topological polar surface area (TPSA) is 76.2 Å². The second-order valence-electron chi connectivity index (χ2n) is 16.9. The molecule has 0 aliphatic rings. The Balaban J connectivity index is 4.94. The lowest BCUT2D eigenvalue weighted by atomic mass is 9.97. The Hall–Kier alpha value is -2.67. The Morgan fingerprint density at radius 3 is 1.29 bits per heavy atom. The van der Waals surface area contributed by atoms with Gasteiger partial charge in [0.1, 0.15) is 13.2 Å². The van der Waals surface area contributed by atoms with Crippen LogP contribution in [0.2, 0.25) is 0 Å². The molecule has 59 heavy (non-hydrogen) atoms. The van der Waals surface area contributed by atoms with Crippen molar-refractivity contribution in [2.45, 2.75) is 220 Å². The molecule has 7 nitrogen and oxygen atoms in total. The third kappa shape index (κ3) is 36.9. The zero-order valence-electron chi connectivity index (χ0n) is 39.5. The van der Waals surface area contributed by atoms with Gasteiger partial charge in [-0.2, -0.15) is 0 Å². The number of amides is 1. The van der Waals surface area contributed by atoms with Gasteiger partial charge in [0, 0.05) is 25.3 Å². The SMILES string of the molecule is CCCCC/C=C\C/C=C\CCCCCCCC(=O)OCC(COC(=O)CCCCCCC/C=C\C/C=C\CCCCC)N(CCCN(C)C)C(=O)C(CC)CCCC. The van der Waals surface area contributed by atoms with E-state index in [1.54, 1.807) is 0 Å². The molecule has 0 radical (unpaired) electrons. The van der Waals surface area contributed by atoms with Crippen LogP contribution in [0.25, 0.3) is 0 Å². The fourth-order valence-corrected chi connectivity index (χ4v) is 7.13. The van der Waals surface area contributed by atoms with Gasteiger partial charge in [-0.15, -0.1) is 0 Å². The molecule has 0 aliphatic carbocycles. The number of esters is 2. The minimum absolute atomic E-state index is 0.0496. The highest BCUT2D eigenvalue weighted by molar-refractivity contribution is 5.79. The number of nitrogens with zero attached hydrogens (tertiary/aromatic N) is 2. The molecule has 7 heteroatoms. The zero-order chi connectivity index (χ0) is 43.4. The molecular weight excluding hydrogens is 733 g/mol. The summed E-state index contributed by atoms with van der Waals surface area (Å²) < 4.78 is 11.7. The highest BCUT2D eigenvalue weighted by Crippen LogP contribution is 2.20. The largest absolute Gasteiger partial charge is 0.463 e. The summed E-state index contributed by atoms with van der Waals surface area (Å²) in [6.07, 6.45) is 48.3. The van der Waals surface area contributed by atoms with Gasteiger partial charge in [0.25, 0.3) is 0 Å². The molecule has 0 saturated heterocycles. The molecule has 0 bridgehead atoms. The van der Waals surface area contributed by atoms with Crippen LogP contribution in [0, 0.1) is 5.92 Å². The van der Waals surface area contributed by atoms with Gasteiger partial charge in [-0.05, 0) is 117 Å². The second kappa shape index (κ2) is 43.4. The van der Waals surface area contributed by atoms with E-state index >= 15 is 0 Å². The summed E-state index contributed by atoms with van der Waals surface area (Å²) >= 11 is 0. The van der Waals surface area contributed by atoms with Crippen molar-refractivity contribution in [2.24, 2.45) is 5.92 Å². The molecule has 0 saturated carbocycles. The van der Waals surface area contributed by atoms with E-state index in [1.807, 2.05) is 19.0 Å². The summed E-state index contributed by atoms with van der Waals surface area (Å²) in [6, 6.07) is -0.498. The van der Waals surface area contributed by atoms with Gasteiger partial charge in [0.2, 0.25) is 5.91 Å². The lowest BCUT2D eigenvalue weighted by Crippen LogP contribution is -2.49. The molecule has 0 spiro atoms. The summed E-state index contributed by atoms with van der Waals surface area (Å²) in [5, 5.41) is 0. The van der Waals surface area contributed by atoms with Crippen molar-refractivity contribution in [3.8, 4) is 0 Å². The predicted octanol–water partition coefficient (Wildman–Crippen LogP) is 14.1. The van der Waals surface area contributed by atoms with Crippen LogP contribution in [0.3, 0.4) is 0 Å². The molecular formula is C52H94N2O5. The molecule has 342 valence electrons. The van der Waals surface area contributed by atoms with E-state index in [-0.39, 0.29) is 37.0 Å². The van der Waals surface area contributed by atoms with E-state index in [4.69, 9.17) is 9.47 Å². The maximum absolute atomic E-state index is 14.1. The summed E-state index contributed by atoms with van der Waals surface area (Å²) in [4.78, 5) is 43.9. The average molecular weight is 827 g/mol. The highest BCUT2D eigenvalue weighted by Gasteiger charge is 2.30. The fraction of sp³-hybridized carbons (Fsp3) is 0.788. The molecule has 0 heterocycles. The monoisotopic (exact) mass is 827 g/mol. The first-order valence-electron chi connectivity index (χ1n) is 24.7. The third-order valence-electron chi connectivity index (χ3n) is 11.0. The Morgan fingerprint density at radius 2 is 0.881 bits per heavy atom. The summed E-state index contributed by atoms with van der Waals surface area (Å²) in [7, 11) is 4.06. The molecule has 1 unspecified atom stereocenters. The van der Waals surface area contributed by atoms with Gasteiger partial charge in [-0.25, -0.2) is 0 Å². The minimum atomic E-state index is -0.498. The minimum Gasteiger partial charge on any atom is -0.463 e. The summed E-state index contributed by atoms with van der Waals surface area (Å²) in [6.45, 7) is 10.2. The van der Waals surface area contributed by atoms with Crippen LogP contribution >= 0.6 is 0 Å². The lowest BCUT2D eigenvalue weighted by molar-refractivity contribution is -0.156. The Bertz CT molecular complexity index is 1030. The molecule has 0 N–H and O–H groups in total. The Labute approximate surface area is 365 Å². The van der Waals surface area contributed by atoms with E-state index < -0.39 is 6.04 Å². The summed E-state index contributed by atoms with van der Waals surface area (Å²) in [5.41, 5.74) is 0. The average Bonchev–Trinajstić information content (AvgIpc) is 3.22. The van der Waals surface area contributed by atoms with Gasteiger partial charge in [-0.3, -0.25) is 14.4 Å². The van der Waals surface area contributed by atoms with Crippen molar-refractivity contribution in [3.05, 3.63) is 48.6 Å². The highest BCUT2D eigenvalue weighted by atomic mass is 16.5. The number of carbonyl (C=O) groups excluding carboxylic acids is 3. The molecule has 1 atom stereocenters. The van der Waals surface area contributed by atoms with Crippen molar-refractivity contribution in [1.29, 1.82) is 0 Å². The first-order chi connectivity index (χ1) is 28.8. The number of allylic oxidation sites excluding steroid dienone is 8. The van der Waals surface area contributed by atoms with E-state index in [2.05, 4.69) is 81.2 Å². The van der Waals surface area contributed by atoms with Crippen LogP contribution < -0.4 is 0 Å². The first-order valence-corrected chi connectivity index (χ1v) is 24.7. The summed E-state index contributed by atoms with van der Waals surface area (Å²) in [5.74, 6) is -0.491. The first kappa shape index (κ1) is 56.3. The lowest BCUT2D eigenvalue weighted by Gasteiger charge is -2.34. The second-order valence-corrected chi connectivity index (χ2v) is 16.9. The quantitative estimate of drug-likeness (QED) is 0.0347. The van der Waals surface area contributed by atoms with Crippen LogP contribution in [0.4, 0.5) is 0 Å². The number of hydrogen-bond acceptors (Lipinski definition) is 6. The maximum Gasteiger partial charge on any atom is 0.305 e. The Kier molecular flexibility index (Phi) is 41.5. The maximum atomic E-state index is 14.1. The molecule has 0 aromatic carbocycles. The van der Waals surface area contributed by atoms with Crippen molar-refractivity contribution in [3.63, 3.8) is 0 Å². The molecule has 0 aromatic rings. The van der Waals surface area contributed by atoms with Crippen molar-refractivity contribution in [2.75, 3.05) is 40.4 Å². The molecule has 0 rings (SSSR count). The Morgan fingerprint density at radius 1 is 0.475 bits per heavy atom. The van der Waals surface area contributed by atoms with E-state index in [1.165, 1.54) is 64.2 Å². The molecule has 0 fully saturated rings. The van der Waals surface area contributed by atoms with Crippen LogP contribution in [0.5, 0.6) is 0 Å². The van der Waals surface area contributed by atoms with Crippen molar-refractivity contribution >= 4 is 17.8 Å². The number of ether oxygens (including phenoxy) is 2. The van der Waals surface area contributed by atoms with Crippen LogP contribution in [0.1, 0.15) is 214 Å². The predicted molar refractivity (Wildman–Crippen MR) is 253 cm³/mol. The van der Waals surface area contributed by atoms with Gasteiger partial charge >= 0.3 is 11.9 Å². The smallest absolute Gasteiger partial charge is 0.305 e. The van der Waals surface area contributed by atoms with Gasteiger partial charge in [0.05, 0.1) is 6.04 Å². The van der Waals surface area contributed by atoms with Crippen LogP contribution in [-0.4, -0.2) is 74.1 Å². The number of unbranched alkanes of at least 4 members (excludes halogenated alkanes) is 17. The van der Waals surface area contributed by atoms with Crippen LogP contribution in [0.15, 0.2) is 48.6 Å². The van der Waals surface area contributed by atoms with Gasteiger partial charge in [-0.1, -0.05) is 153 Å². The van der Waals surface area contributed by atoms with Crippen molar-refractivity contribution < 1.29 is 23.9 Å². The fourth-order valence-electron chi connectivity index (χ4n) is 7.13. The van der Waals surface area contributed by atoms with Crippen molar-refractivity contribution in [1.82, 2.24) is 9.80 Å².